The minimum Gasteiger partial charge on any atom is -0.373 e. The third kappa shape index (κ3) is 1.63. The van der Waals surface area contributed by atoms with Crippen LogP contribution < -0.4 is 5.73 Å². The third-order valence-corrected chi connectivity index (χ3v) is 4.69. The van der Waals surface area contributed by atoms with Crippen molar-refractivity contribution in [3.05, 3.63) is 30.0 Å². The standard InChI is InChI=1S/C15H19N3O/c1-18-13-5-3-2-4-11(13)12(17-18)9-15(16)8-10-6-7-14(15)19-10/h2-5,10,14H,6-9,16H2,1H3. The van der Waals surface area contributed by atoms with Crippen molar-refractivity contribution in [2.24, 2.45) is 12.8 Å². The van der Waals surface area contributed by atoms with Crippen molar-refractivity contribution in [2.75, 3.05) is 0 Å². The minimum atomic E-state index is -0.222. The molecule has 2 fully saturated rings. The maximum absolute atomic E-state index is 6.60. The van der Waals surface area contributed by atoms with Gasteiger partial charge in [-0.05, 0) is 25.3 Å². The van der Waals surface area contributed by atoms with E-state index in [9.17, 15) is 0 Å². The second-order valence-corrected chi connectivity index (χ2v) is 6.03. The topological polar surface area (TPSA) is 53.1 Å². The Labute approximate surface area is 112 Å². The Morgan fingerprint density at radius 2 is 2.26 bits per heavy atom. The number of aryl methyl sites for hydroxylation is 1. The maximum atomic E-state index is 6.60. The summed E-state index contributed by atoms with van der Waals surface area (Å²) in [5.74, 6) is 0. The Bertz CT molecular complexity index is 635. The summed E-state index contributed by atoms with van der Waals surface area (Å²) in [6.45, 7) is 0. The highest BCUT2D eigenvalue weighted by molar-refractivity contribution is 5.82. The molecule has 0 radical (unpaired) electrons. The van der Waals surface area contributed by atoms with Crippen LogP contribution in [0.3, 0.4) is 0 Å². The number of benzene rings is 1. The highest BCUT2D eigenvalue weighted by Crippen LogP contribution is 2.42. The van der Waals surface area contributed by atoms with Crippen LogP contribution in [0.4, 0.5) is 0 Å². The van der Waals surface area contributed by atoms with Gasteiger partial charge in [0.15, 0.2) is 0 Å². The summed E-state index contributed by atoms with van der Waals surface area (Å²) in [4.78, 5) is 0. The van der Waals surface area contributed by atoms with Gasteiger partial charge in [-0.2, -0.15) is 5.10 Å². The molecule has 0 aliphatic carbocycles. The Morgan fingerprint density at radius 3 is 3.00 bits per heavy atom. The van der Waals surface area contributed by atoms with Crippen molar-refractivity contribution in [1.29, 1.82) is 0 Å². The fraction of sp³-hybridized carbons (Fsp3) is 0.533. The van der Waals surface area contributed by atoms with E-state index in [2.05, 4.69) is 23.3 Å². The van der Waals surface area contributed by atoms with Gasteiger partial charge in [-0.1, -0.05) is 18.2 Å². The largest absolute Gasteiger partial charge is 0.373 e. The maximum Gasteiger partial charge on any atom is 0.0764 e. The Kier molecular flexibility index (Phi) is 2.29. The van der Waals surface area contributed by atoms with E-state index < -0.39 is 0 Å². The van der Waals surface area contributed by atoms with E-state index in [1.54, 1.807) is 0 Å². The molecular formula is C15H19N3O. The van der Waals surface area contributed by atoms with Crippen molar-refractivity contribution >= 4 is 10.9 Å². The molecule has 0 spiro atoms. The average Bonchev–Trinajstić information content (AvgIpc) is 3.05. The highest BCUT2D eigenvalue weighted by atomic mass is 16.5. The van der Waals surface area contributed by atoms with Gasteiger partial charge in [-0.15, -0.1) is 0 Å². The van der Waals surface area contributed by atoms with Gasteiger partial charge >= 0.3 is 0 Å². The molecule has 0 amide bonds. The van der Waals surface area contributed by atoms with Gasteiger partial charge in [0.2, 0.25) is 0 Å². The molecule has 2 aliphatic rings. The van der Waals surface area contributed by atoms with Crippen LogP contribution in [0.5, 0.6) is 0 Å². The van der Waals surface area contributed by atoms with Crippen molar-refractivity contribution in [1.82, 2.24) is 9.78 Å². The summed E-state index contributed by atoms with van der Waals surface area (Å²) in [6.07, 6.45) is 4.67. The molecule has 2 aliphatic heterocycles. The van der Waals surface area contributed by atoms with Crippen LogP contribution in [-0.4, -0.2) is 27.5 Å². The van der Waals surface area contributed by atoms with E-state index in [1.165, 1.54) is 17.3 Å². The van der Waals surface area contributed by atoms with Crippen LogP contribution in [-0.2, 0) is 18.2 Å². The number of aromatic nitrogens is 2. The number of fused-ring (bicyclic) bond motifs is 3. The van der Waals surface area contributed by atoms with Crippen LogP contribution in [0.2, 0.25) is 0 Å². The first-order valence-corrected chi connectivity index (χ1v) is 7.01. The molecular weight excluding hydrogens is 238 g/mol. The van der Waals surface area contributed by atoms with Crippen LogP contribution in [0.25, 0.3) is 10.9 Å². The molecule has 2 N–H and O–H groups in total. The Morgan fingerprint density at radius 1 is 1.42 bits per heavy atom. The van der Waals surface area contributed by atoms with Crippen LogP contribution in [0.15, 0.2) is 24.3 Å². The number of hydrogen-bond acceptors (Lipinski definition) is 3. The van der Waals surface area contributed by atoms with Crippen molar-refractivity contribution in [3.63, 3.8) is 0 Å². The fourth-order valence-corrected chi connectivity index (χ4v) is 3.75. The van der Waals surface area contributed by atoms with E-state index in [1.807, 2.05) is 17.8 Å². The molecule has 19 heavy (non-hydrogen) atoms. The number of nitrogens with zero attached hydrogens (tertiary/aromatic N) is 2. The number of hydrogen-bond donors (Lipinski definition) is 1. The molecule has 2 saturated heterocycles. The zero-order chi connectivity index (χ0) is 13.0. The van der Waals surface area contributed by atoms with Gasteiger partial charge in [0.05, 0.1) is 29.0 Å². The number of rotatable bonds is 2. The normalized spacial score (nSPS) is 33.4. The van der Waals surface area contributed by atoms with Crippen LogP contribution in [0, 0.1) is 0 Å². The van der Waals surface area contributed by atoms with Crippen molar-refractivity contribution < 1.29 is 4.74 Å². The SMILES string of the molecule is Cn1nc(CC2(N)CC3CCC2O3)c2ccccc21. The second-order valence-electron chi connectivity index (χ2n) is 6.03. The molecule has 2 aromatic rings. The first-order valence-electron chi connectivity index (χ1n) is 7.01. The third-order valence-electron chi connectivity index (χ3n) is 4.69. The molecule has 3 heterocycles. The molecule has 3 unspecified atom stereocenters. The Hall–Kier alpha value is -1.39. The molecule has 1 aromatic carbocycles. The van der Waals surface area contributed by atoms with E-state index in [4.69, 9.17) is 10.5 Å². The van der Waals surface area contributed by atoms with Crippen LogP contribution >= 0.6 is 0 Å². The number of para-hydroxylation sites is 1. The quantitative estimate of drug-likeness (QED) is 0.892. The van der Waals surface area contributed by atoms with E-state index in [0.29, 0.717) is 6.10 Å². The first-order chi connectivity index (χ1) is 9.16. The van der Waals surface area contributed by atoms with Crippen LogP contribution in [0.1, 0.15) is 25.0 Å². The number of nitrogens with two attached hydrogens (primary N) is 1. The monoisotopic (exact) mass is 257 g/mol. The predicted octanol–water partition coefficient (Wildman–Crippen LogP) is 1.76. The van der Waals surface area contributed by atoms with Crippen molar-refractivity contribution in [3.8, 4) is 0 Å². The smallest absolute Gasteiger partial charge is 0.0764 e. The minimum absolute atomic E-state index is 0.221. The lowest BCUT2D eigenvalue weighted by atomic mass is 9.79. The molecule has 0 saturated carbocycles. The first kappa shape index (κ1) is 11.4. The van der Waals surface area contributed by atoms with Crippen molar-refractivity contribution in [2.45, 2.75) is 43.4 Å². The van der Waals surface area contributed by atoms with Gasteiger partial charge in [-0.25, -0.2) is 0 Å². The fourth-order valence-electron chi connectivity index (χ4n) is 3.75. The van der Waals surface area contributed by atoms with Gasteiger partial charge in [0, 0.05) is 18.9 Å². The van der Waals surface area contributed by atoms with E-state index in [-0.39, 0.29) is 11.6 Å². The summed E-state index contributed by atoms with van der Waals surface area (Å²) >= 11 is 0. The zero-order valence-corrected chi connectivity index (χ0v) is 11.2. The number of ether oxygens (including phenoxy) is 1. The second kappa shape index (κ2) is 3.81. The van der Waals surface area contributed by atoms with Gasteiger partial charge in [-0.3, -0.25) is 4.68 Å². The Balaban J connectivity index is 1.72. The molecule has 4 rings (SSSR count). The lowest BCUT2D eigenvalue weighted by Crippen LogP contribution is -2.50. The molecule has 3 atom stereocenters. The van der Waals surface area contributed by atoms with E-state index >= 15 is 0 Å². The molecule has 4 nitrogen and oxygen atoms in total. The van der Waals surface area contributed by atoms with Gasteiger partial charge < -0.3 is 10.5 Å². The molecule has 2 bridgehead atoms. The lowest BCUT2D eigenvalue weighted by molar-refractivity contribution is 0.0855. The van der Waals surface area contributed by atoms with E-state index in [0.717, 1.165) is 25.0 Å². The summed E-state index contributed by atoms with van der Waals surface area (Å²) < 4.78 is 7.87. The summed E-state index contributed by atoms with van der Waals surface area (Å²) in [6, 6.07) is 8.35. The van der Waals surface area contributed by atoms with Gasteiger partial charge in [0.1, 0.15) is 0 Å². The average molecular weight is 257 g/mol. The predicted molar refractivity (Wildman–Crippen MR) is 73.8 cm³/mol. The summed E-state index contributed by atoms with van der Waals surface area (Å²) in [5.41, 5.74) is 8.66. The highest BCUT2D eigenvalue weighted by Gasteiger charge is 2.50. The molecule has 1 aromatic heterocycles. The lowest BCUT2D eigenvalue weighted by Gasteiger charge is -2.30. The molecule has 100 valence electrons. The zero-order valence-electron chi connectivity index (χ0n) is 11.2. The summed E-state index contributed by atoms with van der Waals surface area (Å²) in [7, 11) is 1.99. The summed E-state index contributed by atoms with van der Waals surface area (Å²) in [5, 5.41) is 5.88. The van der Waals surface area contributed by atoms with Gasteiger partial charge in [0.25, 0.3) is 0 Å². The molecule has 4 heteroatoms.